The Morgan fingerprint density at radius 3 is 2.55 bits per heavy atom. The third kappa shape index (κ3) is 3.80. The molecule has 6 heteroatoms. The van der Waals surface area contributed by atoms with Crippen LogP contribution in [0.2, 0.25) is 0 Å². The Kier molecular flexibility index (Phi) is 5.83. The molecule has 0 saturated carbocycles. The van der Waals surface area contributed by atoms with Crippen LogP contribution in [-0.4, -0.2) is 54.9 Å². The molecule has 5 nitrogen and oxygen atoms in total. The fourth-order valence-electron chi connectivity index (χ4n) is 2.61. The number of nitrogens with zero attached hydrogens (tertiary/aromatic N) is 2. The van der Waals surface area contributed by atoms with E-state index in [1.54, 1.807) is 24.1 Å². The summed E-state index contributed by atoms with van der Waals surface area (Å²) in [6.07, 6.45) is 1.31. The van der Waals surface area contributed by atoms with Crippen molar-refractivity contribution in [3.63, 3.8) is 0 Å². The molecule has 1 fully saturated rings. The number of amides is 2. The first-order chi connectivity index (χ1) is 10.6. The Morgan fingerprint density at radius 2 is 1.86 bits per heavy atom. The van der Waals surface area contributed by atoms with Crippen molar-refractivity contribution in [1.29, 1.82) is 0 Å². The van der Waals surface area contributed by atoms with Gasteiger partial charge in [-0.25, -0.2) is 0 Å². The summed E-state index contributed by atoms with van der Waals surface area (Å²) in [5.41, 5.74) is 0.548. The maximum Gasteiger partial charge on any atom is 0.257 e. The molecule has 1 heterocycles. The number of methoxy groups -OCH3 is 1. The van der Waals surface area contributed by atoms with Gasteiger partial charge in [0.25, 0.3) is 5.91 Å². The summed E-state index contributed by atoms with van der Waals surface area (Å²) in [7, 11) is 1.56. The Labute approximate surface area is 139 Å². The summed E-state index contributed by atoms with van der Waals surface area (Å²) in [6.45, 7) is 4.38. The minimum atomic E-state index is -0.0519. The highest BCUT2D eigenvalue weighted by atomic mass is 79.9. The first-order valence-corrected chi connectivity index (χ1v) is 8.26. The molecule has 0 unspecified atom stereocenters. The van der Waals surface area contributed by atoms with Gasteiger partial charge in [-0.15, -0.1) is 0 Å². The second-order valence-electron chi connectivity index (χ2n) is 5.22. The van der Waals surface area contributed by atoms with Gasteiger partial charge in [-0.1, -0.05) is 22.9 Å². The molecule has 1 saturated heterocycles. The Balaban J connectivity index is 2.13. The summed E-state index contributed by atoms with van der Waals surface area (Å²) >= 11 is 3.39. The molecular formula is C16H21BrN2O3. The zero-order valence-electron chi connectivity index (χ0n) is 13.0. The van der Waals surface area contributed by atoms with E-state index in [1.165, 1.54) is 0 Å². The largest absolute Gasteiger partial charge is 0.496 e. The number of hydrogen-bond acceptors (Lipinski definition) is 3. The fraction of sp³-hybridized carbons (Fsp3) is 0.500. The normalized spacial score (nSPS) is 15.4. The van der Waals surface area contributed by atoms with E-state index in [4.69, 9.17) is 4.74 Å². The summed E-state index contributed by atoms with van der Waals surface area (Å²) in [6, 6.07) is 5.41. The SMILES string of the molecule is CCC(=O)N1CCCN(C(=O)c2cc(Br)ccc2OC)CC1. The van der Waals surface area contributed by atoms with Crippen LogP contribution in [0.3, 0.4) is 0 Å². The average Bonchev–Trinajstić information content (AvgIpc) is 2.79. The smallest absolute Gasteiger partial charge is 0.257 e. The van der Waals surface area contributed by atoms with E-state index in [2.05, 4.69) is 15.9 Å². The Hall–Kier alpha value is -1.56. The zero-order valence-corrected chi connectivity index (χ0v) is 14.6. The molecule has 0 atom stereocenters. The molecule has 2 rings (SSSR count). The van der Waals surface area contributed by atoms with Crippen molar-refractivity contribution in [3.05, 3.63) is 28.2 Å². The predicted octanol–water partition coefficient (Wildman–Crippen LogP) is 2.54. The monoisotopic (exact) mass is 368 g/mol. The lowest BCUT2D eigenvalue weighted by Crippen LogP contribution is -2.37. The minimum Gasteiger partial charge on any atom is -0.496 e. The highest BCUT2D eigenvalue weighted by molar-refractivity contribution is 9.10. The lowest BCUT2D eigenvalue weighted by atomic mass is 10.1. The third-order valence-corrected chi connectivity index (χ3v) is 4.32. The molecule has 0 bridgehead atoms. The highest BCUT2D eigenvalue weighted by Gasteiger charge is 2.24. The van der Waals surface area contributed by atoms with Gasteiger partial charge in [0.1, 0.15) is 5.75 Å². The molecule has 2 amide bonds. The molecule has 0 radical (unpaired) electrons. The number of hydrogen-bond donors (Lipinski definition) is 0. The number of benzene rings is 1. The van der Waals surface area contributed by atoms with Gasteiger partial charge < -0.3 is 14.5 Å². The van der Waals surface area contributed by atoms with Crippen LogP contribution in [0.5, 0.6) is 5.75 Å². The second kappa shape index (κ2) is 7.63. The molecule has 0 spiro atoms. The molecule has 1 aromatic carbocycles. The Bertz CT molecular complexity index is 562. The molecule has 1 aliphatic rings. The van der Waals surface area contributed by atoms with Gasteiger partial charge in [-0.2, -0.15) is 0 Å². The maximum atomic E-state index is 12.8. The molecule has 22 heavy (non-hydrogen) atoms. The van der Waals surface area contributed by atoms with E-state index in [0.29, 0.717) is 43.9 Å². The average molecular weight is 369 g/mol. The van der Waals surface area contributed by atoms with Gasteiger partial charge in [0, 0.05) is 37.1 Å². The third-order valence-electron chi connectivity index (χ3n) is 3.83. The number of halogens is 1. The van der Waals surface area contributed by atoms with Crippen LogP contribution in [-0.2, 0) is 4.79 Å². The minimum absolute atomic E-state index is 0.0519. The van der Waals surface area contributed by atoms with Crippen LogP contribution >= 0.6 is 15.9 Å². The van der Waals surface area contributed by atoms with Crippen molar-refractivity contribution in [1.82, 2.24) is 9.80 Å². The zero-order chi connectivity index (χ0) is 16.1. The van der Waals surface area contributed by atoms with E-state index in [1.807, 2.05) is 17.9 Å². The van der Waals surface area contributed by atoms with Gasteiger partial charge in [-0.3, -0.25) is 9.59 Å². The van der Waals surface area contributed by atoms with Crippen molar-refractivity contribution in [3.8, 4) is 5.75 Å². The molecule has 1 aliphatic heterocycles. The Morgan fingerprint density at radius 1 is 1.18 bits per heavy atom. The van der Waals surface area contributed by atoms with Crippen molar-refractivity contribution in [2.45, 2.75) is 19.8 Å². The number of ether oxygens (including phenoxy) is 1. The molecular weight excluding hydrogens is 348 g/mol. The summed E-state index contributed by atoms with van der Waals surface area (Å²) in [5.74, 6) is 0.664. The van der Waals surface area contributed by atoms with Crippen molar-refractivity contribution < 1.29 is 14.3 Å². The summed E-state index contributed by atoms with van der Waals surface area (Å²) in [5, 5.41) is 0. The van der Waals surface area contributed by atoms with Crippen LogP contribution in [0, 0.1) is 0 Å². The molecule has 120 valence electrons. The number of carbonyl (C=O) groups is 2. The van der Waals surface area contributed by atoms with Crippen LogP contribution in [0.1, 0.15) is 30.1 Å². The standard InChI is InChI=1S/C16H21BrN2O3/c1-3-15(20)18-7-4-8-19(10-9-18)16(21)13-11-12(17)5-6-14(13)22-2/h5-6,11H,3-4,7-10H2,1-2H3. The van der Waals surface area contributed by atoms with Crippen molar-refractivity contribution in [2.75, 3.05) is 33.3 Å². The molecule has 0 aliphatic carbocycles. The van der Waals surface area contributed by atoms with Crippen LogP contribution in [0.25, 0.3) is 0 Å². The fourth-order valence-corrected chi connectivity index (χ4v) is 2.97. The quantitative estimate of drug-likeness (QED) is 0.823. The van der Waals surface area contributed by atoms with E-state index in [9.17, 15) is 9.59 Å². The van der Waals surface area contributed by atoms with Gasteiger partial charge in [0.05, 0.1) is 12.7 Å². The van der Waals surface area contributed by atoms with Crippen molar-refractivity contribution in [2.24, 2.45) is 0 Å². The molecule has 0 aromatic heterocycles. The number of rotatable bonds is 3. The van der Waals surface area contributed by atoms with Gasteiger partial charge in [0.2, 0.25) is 5.91 Å². The van der Waals surface area contributed by atoms with E-state index < -0.39 is 0 Å². The first-order valence-electron chi connectivity index (χ1n) is 7.47. The second-order valence-corrected chi connectivity index (χ2v) is 6.14. The van der Waals surface area contributed by atoms with E-state index in [-0.39, 0.29) is 11.8 Å². The van der Waals surface area contributed by atoms with Crippen LogP contribution in [0.15, 0.2) is 22.7 Å². The van der Waals surface area contributed by atoms with E-state index >= 15 is 0 Å². The van der Waals surface area contributed by atoms with Crippen molar-refractivity contribution >= 4 is 27.7 Å². The van der Waals surface area contributed by atoms with E-state index in [0.717, 1.165) is 10.9 Å². The molecule has 1 aromatic rings. The van der Waals surface area contributed by atoms with Gasteiger partial charge >= 0.3 is 0 Å². The summed E-state index contributed by atoms with van der Waals surface area (Å²) in [4.78, 5) is 28.2. The van der Waals surface area contributed by atoms with Gasteiger partial charge in [-0.05, 0) is 24.6 Å². The lowest BCUT2D eigenvalue weighted by Gasteiger charge is -2.22. The summed E-state index contributed by atoms with van der Waals surface area (Å²) < 4.78 is 6.13. The number of carbonyl (C=O) groups excluding carboxylic acids is 2. The van der Waals surface area contributed by atoms with Crippen LogP contribution in [0.4, 0.5) is 0 Å². The highest BCUT2D eigenvalue weighted by Crippen LogP contribution is 2.24. The van der Waals surface area contributed by atoms with Crippen LogP contribution < -0.4 is 4.74 Å². The van der Waals surface area contributed by atoms with Gasteiger partial charge in [0.15, 0.2) is 0 Å². The first kappa shape index (κ1) is 16.8. The molecule has 0 N–H and O–H groups in total. The predicted molar refractivity (Wildman–Crippen MR) is 88.1 cm³/mol. The maximum absolute atomic E-state index is 12.8. The lowest BCUT2D eigenvalue weighted by molar-refractivity contribution is -0.130. The topological polar surface area (TPSA) is 49.9 Å².